The van der Waals surface area contributed by atoms with Gasteiger partial charge in [0, 0.05) is 25.6 Å². The fourth-order valence-corrected chi connectivity index (χ4v) is 1.57. The third kappa shape index (κ3) is 8.68. The fraction of sp³-hybridized carbons (Fsp3) is 0.917. The predicted molar refractivity (Wildman–Crippen MR) is 68.3 cm³/mol. The van der Waals surface area contributed by atoms with Crippen molar-refractivity contribution in [1.29, 1.82) is 0 Å². The third-order valence-corrected chi connectivity index (χ3v) is 2.71. The van der Waals surface area contributed by atoms with Gasteiger partial charge in [-0.25, -0.2) is 0 Å². The van der Waals surface area contributed by atoms with Crippen molar-refractivity contribution >= 4 is 5.91 Å². The summed E-state index contributed by atoms with van der Waals surface area (Å²) >= 11 is 0. The molecule has 0 fully saturated rings. The molecule has 16 heavy (non-hydrogen) atoms. The zero-order chi connectivity index (χ0) is 12.4. The van der Waals surface area contributed by atoms with Crippen LogP contribution in [0.15, 0.2) is 0 Å². The molecule has 0 aliphatic carbocycles. The van der Waals surface area contributed by atoms with Gasteiger partial charge in [-0.3, -0.25) is 4.79 Å². The molecular formula is C12H27N3O. The maximum atomic E-state index is 11.4. The lowest BCUT2D eigenvalue weighted by molar-refractivity contribution is -0.121. The van der Waals surface area contributed by atoms with E-state index < -0.39 is 0 Å². The first-order valence-corrected chi connectivity index (χ1v) is 6.34. The average molecular weight is 229 g/mol. The molecule has 0 spiro atoms. The number of carbonyl (C=O) groups is 1. The predicted octanol–water partition coefficient (Wildman–Crippen LogP) is 0.962. The molecule has 0 aromatic heterocycles. The smallest absolute Gasteiger partial charge is 0.220 e. The van der Waals surface area contributed by atoms with Crippen LogP contribution in [-0.2, 0) is 4.79 Å². The van der Waals surface area contributed by atoms with Gasteiger partial charge in [-0.05, 0) is 32.9 Å². The summed E-state index contributed by atoms with van der Waals surface area (Å²) in [5.74, 6) is 0.146. The van der Waals surface area contributed by atoms with E-state index >= 15 is 0 Å². The number of nitrogens with two attached hydrogens (primary N) is 1. The Kier molecular flexibility index (Phi) is 9.24. The van der Waals surface area contributed by atoms with Crippen LogP contribution in [0, 0.1) is 0 Å². The second-order valence-electron chi connectivity index (χ2n) is 4.25. The topological polar surface area (TPSA) is 58.4 Å². The Balaban J connectivity index is 3.43. The Labute approximate surface area is 99.6 Å². The maximum absolute atomic E-state index is 11.4. The van der Waals surface area contributed by atoms with E-state index in [2.05, 4.69) is 24.1 Å². The van der Waals surface area contributed by atoms with Crippen molar-refractivity contribution in [2.75, 3.05) is 26.2 Å². The van der Waals surface area contributed by atoms with Crippen LogP contribution in [0.4, 0.5) is 0 Å². The number of nitrogens with one attached hydrogen (secondary N) is 1. The number of hydrogen-bond acceptors (Lipinski definition) is 3. The third-order valence-electron chi connectivity index (χ3n) is 2.71. The largest absolute Gasteiger partial charge is 0.355 e. The molecule has 4 nitrogen and oxygen atoms in total. The summed E-state index contributed by atoms with van der Waals surface area (Å²) in [6.45, 7) is 10.00. The molecule has 0 rings (SSSR count). The zero-order valence-corrected chi connectivity index (χ0v) is 11.0. The molecule has 0 heterocycles. The highest BCUT2D eigenvalue weighted by molar-refractivity contribution is 5.75. The summed E-state index contributed by atoms with van der Waals surface area (Å²) < 4.78 is 0. The van der Waals surface area contributed by atoms with Crippen molar-refractivity contribution in [3.63, 3.8) is 0 Å². The normalized spacial score (nSPS) is 12.8. The SMILES string of the molecule is CCN(CC)CCNC(=O)CCCC(C)N. The number of rotatable bonds is 9. The van der Waals surface area contributed by atoms with Crippen molar-refractivity contribution < 1.29 is 4.79 Å². The Bertz CT molecular complexity index is 179. The molecule has 96 valence electrons. The summed E-state index contributed by atoms with van der Waals surface area (Å²) in [6.07, 6.45) is 2.40. The van der Waals surface area contributed by atoms with Crippen LogP contribution in [-0.4, -0.2) is 43.0 Å². The molecule has 0 aromatic carbocycles. The van der Waals surface area contributed by atoms with Crippen molar-refractivity contribution in [2.45, 2.75) is 46.1 Å². The summed E-state index contributed by atoms with van der Waals surface area (Å²) in [7, 11) is 0. The van der Waals surface area contributed by atoms with Crippen LogP contribution >= 0.6 is 0 Å². The van der Waals surface area contributed by atoms with Gasteiger partial charge >= 0.3 is 0 Å². The molecule has 0 aliphatic heterocycles. The van der Waals surface area contributed by atoms with Gasteiger partial charge in [-0.2, -0.15) is 0 Å². The van der Waals surface area contributed by atoms with Gasteiger partial charge in [0.15, 0.2) is 0 Å². The molecular weight excluding hydrogens is 202 g/mol. The van der Waals surface area contributed by atoms with Crippen LogP contribution in [0.3, 0.4) is 0 Å². The minimum absolute atomic E-state index is 0.146. The number of nitrogens with zero attached hydrogens (tertiary/aromatic N) is 1. The molecule has 1 atom stereocenters. The molecule has 0 aromatic rings. The fourth-order valence-electron chi connectivity index (χ4n) is 1.57. The monoisotopic (exact) mass is 229 g/mol. The van der Waals surface area contributed by atoms with E-state index in [1.54, 1.807) is 0 Å². The molecule has 0 aliphatic rings. The molecule has 0 radical (unpaired) electrons. The highest BCUT2D eigenvalue weighted by Gasteiger charge is 2.03. The Hall–Kier alpha value is -0.610. The molecule has 1 amide bonds. The number of carbonyl (C=O) groups excluding carboxylic acids is 1. The van der Waals surface area contributed by atoms with Crippen LogP contribution in [0.5, 0.6) is 0 Å². The average Bonchev–Trinajstić information content (AvgIpc) is 2.24. The summed E-state index contributed by atoms with van der Waals surface area (Å²) in [6, 6.07) is 0.198. The van der Waals surface area contributed by atoms with E-state index in [4.69, 9.17) is 5.73 Å². The molecule has 3 N–H and O–H groups in total. The van der Waals surface area contributed by atoms with Gasteiger partial charge in [0.25, 0.3) is 0 Å². The van der Waals surface area contributed by atoms with Crippen molar-refractivity contribution in [1.82, 2.24) is 10.2 Å². The van der Waals surface area contributed by atoms with Crippen LogP contribution in [0.1, 0.15) is 40.0 Å². The number of amides is 1. The molecule has 1 unspecified atom stereocenters. The summed E-state index contributed by atoms with van der Waals surface area (Å²) in [5, 5.41) is 2.93. The lowest BCUT2D eigenvalue weighted by atomic mass is 10.1. The highest BCUT2D eigenvalue weighted by atomic mass is 16.1. The summed E-state index contributed by atoms with van der Waals surface area (Å²) in [5.41, 5.74) is 5.62. The Morgan fingerprint density at radius 1 is 1.38 bits per heavy atom. The molecule has 4 heteroatoms. The van der Waals surface area contributed by atoms with Crippen LogP contribution < -0.4 is 11.1 Å². The van der Waals surface area contributed by atoms with E-state index in [-0.39, 0.29) is 11.9 Å². The molecule has 0 saturated heterocycles. The van der Waals surface area contributed by atoms with E-state index in [9.17, 15) is 4.79 Å². The first-order valence-electron chi connectivity index (χ1n) is 6.34. The first-order chi connectivity index (χ1) is 7.60. The minimum atomic E-state index is 0.146. The number of hydrogen-bond donors (Lipinski definition) is 2. The van der Waals surface area contributed by atoms with Crippen LogP contribution in [0.25, 0.3) is 0 Å². The quantitative estimate of drug-likeness (QED) is 0.619. The van der Waals surface area contributed by atoms with Gasteiger partial charge in [0.2, 0.25) is 5.91 Å². The minimum Gasteiger partial charge on any atom is -0.355 e. The van der Waals surface area contributed by atoms with Gasteiger partial charge in [-0.1, -0.05) is 13.8 Å². The Morgan fingerprint density at radius 3 is 2.50 bits per heavy atom. The van der Waals surface area contributed by atoms with E-state index in [0.717, 1.165) is 39.0 Å². The molecule has 0 bridgehead atoms. The second kappa shape index (κ2) is 9.60. The van der Waals surface area contributed by atoms with Gasteiger partial charge < -0.3 is 16.0 Å². The van der Waals surface area contributed by atoms with E-state index in [1.807, 2.05) is 6.92 Å². The number of likely N-dealkylation sites (N-methyl/N-ethyl adjacent to an activating group) is 1. The van der Waals surface area contributed by atoms with Crippen molar-refractivity contribution in [3.8, 4) is 0 Å². The maximum Gasteiger partial charge on any atom is 0.220 e. The standard InChI is InChI=1S/C12H27N3O/c1-4-15(5-2)10-9-14-12(16)8-6-7-11(3)13/h11H,4-10,13H2,1-3H3,(H,14,16). The van der Waals surface area contributed by atoms with Crippen molar-refractivity contribution in [2.24, 2.45) is 5.73 Å². The first kappa shape index (κ1) is 15.4. The van der Waals surface area contributed by atoms with Crippen LogP contribution in [0.2, 0.25) is 0 Å². The zero-order valence-electron chi connectivity index (χ0n) is 11.0. The lowest BCUT2D eigenvalue weighted by Gasteiger charge is -2.17. The Morgan fingerprint density at radius 2 is 2.00 bits per heavy atom. The van der Waals surface area contributed by atoms with Gasteiger partial charge in [0.1, 0.15) is 0 Å². The second-order valence-corrected chi connectivity index (χ2v) is 4.25. The van der Waals surface area contributed by atoms with Crippen molar-refractivity contribution in [3.05, 3.63) is 0 Å². The lowest BCUT2D eigenvalue weighted by Crippen LogP contribution is -2.34. The van der Waals surface area contributed by atoms with E-state index in [0.29, 0.717) is 6.42 Å². The van der Waals surface area contributed by atoms with Gasteiger partial charge in [0.05, 0.1) is 0 Å². The van der Waals surface area contributed by atoms with E-state index in [1.165, 1.54) is 0 Å². The highest BCUT2D eigenvalue weighted by Crippen LogP contribution is 1.97. The van der Waals surface area contributed by atoms with Gasteiger partial charge in [-0.15, -0.1) is 0 Å². The summed E-state index contributed by atoms with van der Waals surface area (Å²) in [4.78, 5) is 13.7. The molecule has 0 saturated carbocycles.